The number of anilines is 1. The molecule has 0 saturated heterocycles. The van der Waals surface area contributed by atoms with Crippen LogP contribution in [0.15, 0.2) is 66.9 Å². The van der Waals surface area contributed by atoms with Crippen LogP contribution < -0.4 is 10.1 Å². The maximum Gasteiger partial charge on any atom is 0.184 e. The van der Waals surface area contributed by atoms with Crippen LogP contribution in [-0.4, -0.2) is 17.1 Å². The molecule has 0 radical (unpaired) electrons. The van der Waals surface area contributed by atoms with Crippen molar-refractivity contribution >= 4 is 26.7 Å². The molecule has 4 aromatic rings. The van der Waals surface area contributed by atoms with E-state index in [0.717, 1.165) is 26.8 Å². The minimum Gasteiger partial charge on any atom is -0.494 e. The molecule has 4 rings (SSSR count). The zero-order valence-electron chi connectivity index (χ0n) is 13.8. The molecule has 0 bridgehead atoms. The third-order valence-corrected chi connectivity index (χ3v) is 5.00. The van der Waals surface area contributed by atoms with Crippen molar-refractivity contribution in [3.05, 3.63) is 72.6 Å². The number of nitrogens with zero attached hydrogens (tertiary/aromatic N) is 2. The van der Waals surface area contributed by atoms with Crippen LogP contribution in [0.3, 0.4) is 0 Å². The number of methoxy groups -OCH3 is 1. The Hall–Kier alpha value is -2.92. The zero-order valence-corrected chi connectivity index (χ0v) is 14.6. The fraction of sp³-hybridized carbons (Fsp3) is 0.100. The minimum absolute atomic E-state index is 0.643. The Morgan fingerprint density at radius 3 is 2.60 bits per heavy atom. The third kappa shape index (κ3) is 3.19. The summed E-state index contributed by atoms with van der Waals surface area (Å²) in [4.78, 5) is 9.08. The van der Waals surface area contributed by atoms with Crippen LogP contribution in [0.25, 0.3) is 21.3 Å². The van der Waals surface area contributed by atoms with Gasteiger partial charge in [0.15, 0.2) is 5.13 Å². The van der Waals surface area contributed by atoms with Crippen molar-refractivity contribution in [1.29, 1.82) is 0 Å². The van der Waals surface area contributed by atoms with E-state index in [-0.39, 0.29) is 0 Å². The largest absolute Gasteiger partial charge is 0.494 e. The van der Waals surface area contributed by atoms with Gasteiger partial charge in [-0.15, -0.1) is 0 Å². The molecule has 0 fully saturated rings. The zero-order chi connectivity index (χ0) is 17.1. The number of benzene rings is 2. The molecule has 0 amide bonds. The lowest BCUT2D eigenvalue weighted by atomic mass is 10.1. The summed E-state index contributed by atoms with van der Waals surface area (Å²) >= 11 is 1.64. The second kappa shape index (κ2) is 6.91. The Labute approximate surface area is 150 Å². The van der Waals surface area contributed by atoms with Gasteiger partial charge >= 0.3 is 0 Å². The van der Waals surface area contributed by atoms with E-state index in [1.807, 2.05) is 42.5 Å². The highest BCUT2D eigenvalue weighted by Gasteiger charge is 2.14. The Balaban J connectivity index is 1.73. The van der Waals surface area contributed by atoms with E-state index in [1.54, 1.807) is 24.6 Å². The monoisotopic (exact) mass is 347 g/mol. The van der Waals surface area contributed by atoms with E-state index in [1.165, 1.54) is 11.1 Å². The van der Waals surface area contributed by atoms with Crippen LogP contribution >= 0.6 is 11.3 Å². The molecule has 2 aromatic carbocycles. The Bertz CT molecular complexity index is 984. The first kappa shape index (κ1) is 15.6. The first-order valence-corrected chi connectivity index (χ1v) is 8.83. The smallest absolute Gasteiger partial charge is 0.184 e. The van der Waals surface area contributed by atoms with Crippen molar-refractivity contribution in [2.24, 2.45) is 0 Å². The fourth-order valence-corrected chi connectivity index (χ4v) is 3.75. The van der Waals surface area contributed by atoms with Crippen molar-refractivity contribution in [1.82, 2.24) is 9.97 Å². The summed E-state index contributed by atoms with van der Waals surface area (Å²) in [6.45, 7) is 0.643. The first-order chi connectivity index (χ1) is 12.3. The topological polar surface area (TPSA) is 47.0 Å². The molecule has 25 heavy (non-hydrogen) atoms. The van der Waals surface area contributed by atoms with Gasteiger partial charge in [-0.1, -0.05) is 47.7 Å². The lowest BCUT2D eigenvalue weighted by Crippen LogP contribution is -2.00. The minimum atomic E-state index is 0.643. The van der Waals surface area contributed by atoms with Gasteiger partial charge in [0.2, 0.25) is 0 Å². The summed E-state index contributed by atoms with van der Waals surface area (Å²) in [6.07, 6.45) is 1.80. The molecule has 5 heteroatoms. The van der Waals surface area contributed by atoms with Crippen LogP contribution in [-0.2, 0) is 6.54 Å². The molecule has 0 aliphatic rings. The lowest BCUT2D eigenvalue weighted by molar-refractivity contribution is 0.419. The molecule has 0 aliphatic carbocycles. The Kier molecular flexibility index (Phi) is 4.31. The van der Waals surface area contributed by atoms with Crippen molar-refractivity contribution in [3.63, 3.8) is 0 Å². The number of pyridine rings is 1. The molecular formula is C20H17N3OS. The number of aromatic nitrogens is 2. The van der Waals surface area contributed by atoms with E-state index in [9.17, 15) is 0 Å². The van der Waals surface area contributed by atoms with Crippen molar-refractivity contribution in [2.45, 2.75) is 6.54 Å². The third-order valence-electron chi connectivity index (χ3n) is 3.96. The van der Waals surface area contributed by atoms with Gasteiger partial charge in [-0.2, -0.15) is 0 Å². The fourth-order valence-electron chi connectivity index (χ4n) is 2.74. The van der Waals surface area contributed by atoms with E-state index >= 15 is 0 Å². The lowest BCUT2D eigenvalue weighted by Gasteiger charge is -2.05. The molecule has 0 atom stereocenters. The SMILES string of the molecule is COc1ccc(-c2ccccc2)c2sc(NCc3ccccn3)nc12. The number of fused-ring (bicyclic) bond motifs is 1. The number of hydrogen-bond donors (Lipinski definition) is 1. The van der Waals surface area contributed by atoms with Gasteiger partial charge in [0.25, 0.3) is 0 Å². The number of thiazole rings is 1. The Morgan fingerprint density at radius 2 is 1.84 bits per heavy atom. The van der Waals surface area contributed by atoms with Gasteiger partial charge in [-0.25, -0.2) is 4.98 Å². The summed E-state index contributed by atoms with van der Waals surface area (Å²) < 4.78 is 6.62. The normalized spacial score (nSPS) is 10.8. The molecule has 0 saturated carbocycles. The summed E-state index contributed by atoms with van der Waals surface area (Å²) in [6, 6.07) is 20.3. The van der Waals surface area contributed by atoms with E-state index < -0.39 is 0 Å². The predicted molar refractivity (Wildman–Crippen MR) is 103 cm³/mol. The molecule has 124 valence electrons. The molecule has 2 aromatic heterocycles. The summed E-state index contributed by atoms with van der Waals surface area (Å²) in [5.41, 5.74) is 4.21. The van der Waals surface area contributed by atoms with Crippen molar-refractivity contribution in [3.8, 4) is 16.9 Å². The second-order valence-corrected chi connectivity index (χ2v) is 6.55. The van der Waals surface area contributed by atoms with Gasteiger partial charge in [-0.3, -0.25) is 4.98 Å². The number of nitrogens with one attached hydrogen (secondary N) is 1. The van der Waals surface area contributed by atoms with E-state index in [2.05, 4.69) is 28.5 Å². The van der Waals surface area contributed by atoms with Crippen molar-refractivity contribution in [2.75, 3.05) is 12.4 Å². The number of ether oxygens (including phenoxy) is 1. The molecule has 1 N–H and O–H groups in total. The van der Waals surface area contributed by atoms with Gasteiger partial charge in [0, 0.05) is 11.8 Å². The average Bonchev–Trinajstić information content (AvgIpc) is 3.11. The predicted octanol–water partition coefficient (Wildman–Crippen LogP) is 4.98. The number of rotatable bonds is 5. The maximum absolute atomic E-state index is 5.50. The summed E-state index contributed by atoms with van der Waals surface area (Å²) in [5.74, 6) is 0.789. The molecule has 2 heterocycles. The number of hydrogen-bond acceptors (Lipinski definition) is 5. The maximum atomic E-state index is 5.50. The highest BCUT2D eigenvalue weighted by Crippen LogP contribution is 2.39. The van der Waals surface area contributed by atoms with Crippen LogP contribution in [0.2, 0.25) is 0 Å². The van der Waals surface area contributed by atoms with Crippen LogP contribution in [0.1, 0.15) is 5.69 Å². The Morgan fingerprint density at radius 1 is 1.00 bits per heavy atom. The van der Waals surface area contributed by atoms with Gasteiger partial charge in [0.05, 0.1) is 24.0 Å². The molecule has 4 nitrogen and oxygen atoms in total. The second-order valence-electron chi connectivity index (χ2n) is 5.55. The van der Waals surface area contributed by atoms with E-state index in [0.29, 0.717) is 6.54 Å². The highest BCUT2D eigenvalue weighted by atomic mass is 32.1. The van der Waals surface area contributed by atoms with Crippen molar-refractivity contribution < 1.29 is 4.74 Å². The first-order valence-electron chi connectivity index (χ1n) is 8.02. The molecule has 0 spiro atoms. The summed E-state index contributed by atoms with van der Waals surface area (Å²) in [5, 5.41) is 4.23. The van der Waals surface area contributed by atoms with Crippen LogP contribution in [0, 0.1) is 0 Å². The molecule has 0 unspecified atom stereocenters. The quantitative estimate of drug-likeness (QED) is 0.553. The molecule has 0 aliphatic heterocycles. The van der Waals surface area contributed by atoms with Crippen LogP contribution in [0.5, 0.6) is 5.75 Å². The van der Waals surface area contributed by atoms with Gasteiger partial charge < -0.3 is 10.1 Å². The van der Waals surface area contributed by atoms with E-state index in [4.69, 9.17) is 9.72 Å². The standard InChI is InChI=1S/C20H17N3OS/c1-24-17-11-10-16(14-7-3-2-4-8-14)19-18(17)23-20(25-19)22-13-15-9-5-6-12-21-15/h2-12H,13H2,1H3,(H,22,23). The van der Waals surface area contributed by atoms with Gasteiger partial charge in [0.1, 0.15) is 11.3 Å². The van der Waals surface area contributed by atoms with Gasteiger partial charge in [-0.05, 0) is 29.8 Å². The molecular weight excluding hydrogens is 330 g/mol. The average molecular weight is 347 g/mol. The summed E-state index contributed by atoms with van der Waals surface area (Å²) in [7, 11) is 1.68. The van der Waals surface area contributed by atoms with Crippen LogP contribution in [0.4, 0.5) is 5.13 Å². The highest BCUT2D eigenvalue weighted by molar-refractivity contribution is 7.22.